The first kappa shape index (κ1) is 67.4. The number of aryl methyl sites for hydroxylation is 8. The smallest absolute Gasteiger partial charge is 0.0771 e. The van der Waals surface area contributed by atoms with E-state index in [9.17, 15) is 0 Å². The number of H-pyrrole nitrogens is 4. The SMILES string of the molecule is CCC1=C(CC)c2cc3[nH]c(c(CC)c3CC)c(-c3ccc(-c4ccc(-c5ccc(-c6c7nc(cc8[nH]c(cc9nc(cc%10[nH]c6c(CC)c%10CC)C(CC)=C9CC)c(CC)c8CC)C(CC)=C7CC)cc5)cc4)cc3)c3nc(cc4[nH]c(cc1n2)c(CC)c4CC)C(CC)=C3CC. The van der Waals surface area contributed by atoms with Crippen molar-refractivity contribution >= 4 is 88.7 Å². The molecule has 0 aliphatic carbocycles. The summed E-state index contributed by atoms with van der Waals surface area (Å²) in [4.78, 5) is 38.8. The predicted octanol–water partition coefficient (Wildman–Crippen LogP) is 25.0. The second kappa shape index (κ2) is 28.4. The van der Waals surface area contributed by atoms with Crippen LogP contribution < -0.4 is 0 Å². The Morgan fingerprint density at radius 3 is 0.622 bits per heavy atom. The summed E-state index contributed by atoms with van der Waals surface area (Å²) in [6.07, 6.45) is 14.5. The summed E-state index contributed by atoms with van der Waals surface area (Å²) in [7, 11) is 0. The lowest BCUT2D eigenvalue weighted by Crippen LogP contribution is -1.93. The van der Waals surface area contributed by atoms with Crippen molar-refractivity contribution < 1.29 is 0 Å². The maximum atomic E-state index is 5.80. The van der Waals surface area contributed by atoms with Crippen LogP contribution in [0.1, 0.15) is 252 Å². The van der Waals surface area contributed by atoms with Crippen molar-refractivity contribution in [2.45, 2.75) is 214 Å². The Hall–Kier alpha value is -9.14. The Labute approximate surface area is 582 Å². The number of hydrogen-bond donors (Lipinski definition) is 4. The topological polar surface area (TPSA) is 115 Å². The van der Waals surface area contributed by atoms with Gasteiger partial charge in [-0.1, -0.05) is 184 Å². The van der Waals surface area contributed by atoms with Crippen LogP contribution in [-0.4, -0.2) is 39.9 Å². The van der Waals surface area contributed by atoms with Gasteiger partial charge >= 0.3 is 0 Å². The van der Waals surface area contributed by atoms with Crippen molar-refractivity contribution in [2.24, 2.45) is 0 Å². The maximum Gasteiger partial charge on any atom is 0.0771 e. The van der Waals surface area contributed by atoms with E-state index in [1.165, 1.54) is 111 Å². The number of nitrogens with one attached hydrogen (secondary N) is 4. The van der Waals surface area contributed by atoms with Gasteiger partial charge in [0.1, 0.15) is 0 Å². The molecule has 0 atom stereocenters. The van der Waals surface area contributed by atoms with E-state index in [0.29, 0.717) is 0 Å². The predicted molar refractivity (Wildman–Crippen MR) is 422 cm³/mol. The van der Waals surface area contributed by atoms with E-state index in [0.717, 1.165) is 215 Å². The van der Waals surface area contributed by atoms with Crippen molar-refractivity contribution in [1.82, 2.24) is 39.9 Å². The summed E-state index contributed by atoms with van der Waals surface area (Å²) in [5.41, 5.74) is 48.7. The number of nitrogens with zero attached hydrogens (tertiary/aromatic N) is 4. The van der Waals surface area contributed by atoms with Gasteiger partial charge in [-0.25, -0.2) is 19.9 Å². The first-order chi connectivity index (χ1) is 47.8. The number of hydrogen-bond acceptors (Lipinski definition) is 4. The molecule has 98 heavy (non-hydrogen) atoms. The maximum absolute atomic E-state index is 5.80. The van der Waals surface area contributed by atoms with Gasteiger partial charge in [0.05, 0.1) is 56.6 Å². The molecular formula is C90H102N8. The average Bonchev–Trinajstić information content (AvgIpc) is 1.59. The zero-order valence-corrected chi connectivity index (χ0v) is 61.5. The Morgan fingerprint density at radius 1 is 0.204 bits per heavy atom. The lowest BCUT2D eigenvalue weighted by Gasteiger charge is -2.12. The number of fused-ring (bicyclic) bond motifs is 16. The Morgan fingerprint density at radius 2 is 0.398 bits per heavy atom. The molecule has 0 radical (unpaired) electrons. The van der Waals surface area contributed by atoms with Crippen LogP contribution in [0.15, 0.2) is 109 Å². The largest absolute Gasteiger partial charge is 0.355 e. The van der Waals surface area contributed by atoms with Crippen molar-refractivity contribution in [3.8, 4) is 44.5 Å². The van der Waals surface area contributed by atoms with Gasteiger partial charge < -0.3 is 19.9 Å². The lowest BCUT2D eigenvalue weighted by molar-refractivity contribution is 1.07. The van der Waals surface area contributed by atoms with Crippen LogP contribution in [0, 0.1) is 0 Å². The molecule has 8 heteroatoms. The van der Waals surface area contributed by atoms with E-state index in [1.807, 2.05) is 0 Å². The summed E-state index contributed by atoms with van der Waals surface area (Å²) >= 11 is 0. The number of allylic oxidation sites excluding steroid dienone is 8. The molecule has 4 N–H and O–H groups in total. The second-order valence-corrected chi connectivity index (χ2v) is 26.8. The monoisotopic (exact) mass is 1290 g/mol. The molecule has 6 aromatic heterocycles. The molecule has 16 bridgehead atoms. The molecule has 502 valence electrons. The number of aromatic nitrogens is 8. The van der Waals surface area contributed by atoms with Crippen LogP contribution >= 0.6 is 0 Å². The third-order valence-corrected chi connectivity index (χ3v) is 22.1. The fourth-order valence-electron chi connectivity index (χ4n) is 17.5. The highest BCUT2D eigenvalue weighted by molar-refractivity contribution is 6.04. The van der Waals surface area contributed by atoms with E-state index >= 15 is 0 Å². The van der Waals surface area contributed by atoms with Crippen LogP contribution in [0.25, 0.3) is 133 Å². The molecule has 13 rings (SSSR count). The van der Waals surface area contributed by atoms with Gasteiger partial charge in [0.15, 0.2) is 0 Å². The third-order valence-electron chi connectivity index (χ3n) is 22.1. The molecule has 0 unspecified atom stereocenters. The van der Waals surface area contributed by atoms with Gasteiger partial charge in [-0.15, -0.1) is 0 Å². The van der Waals surface area contributed by atoms with Crippen LogP contribution in [0.3, 0.4) is 0 Å². The van der Waals surface area contributed by atoms with Crippen LogP contribution in [0.2, 0.25) is 0 Å². The van der Waals surface area contributed by atoms with Crippen LogP contribution in [0.4, 0.5) is 0 Å². The molecule has 0 saturated heterocycles. The molecule has 0 amide bonds. The molecule has 0 saturated carbocycles. The van der Waals surface area contributed by atoms with E-state index in [1.54, 1.807) is 0 Å². The zero-order chi connectivity index (χ0) is 68.8. The molecule has 4 aliphatic heterocycles. The van der Waals surface area contributed by atoms with Crippen molar-refractivity contribution in [3.63, 3.8) is 0 Å². The summed E-state index contributed by atoms with van der Waals surface area (Å²) < 4.78 is 0. The van der Waals surface area contributed by atoms with E-state index in [2.05, 4.69) is 240 Å². The standard InChI is InChI=1S/C90H102N8/c1-17-57-61(21-5)77-47-81-65(25-9)69(29-13)87(95-81)85(88-70(30-14)66(26-10)82(96-88)48-78-62(22-6)58(18-2)74(92-78)45-73(57)91-77)55-41-37-53(38-42-55)51-33-35-52(36-34-51)54-39-43-56(44-40-54)86-89-71(31-15)67(27-11)83(97-89)49-79-63(23-7)59(19-3)75(93-79)46-76-60(20-4)64(24-8)80(94-76)50-84-68(28-12)72(32-16)90(86)98-84/h33-50,91,93,96,98H,17-32H2,1-16H3. The molecule has 4 aliphatic rings. The third kappa shape index (κ3) is 11.4. The Kier molecular flexibility index (Phi) is 19.5. The van der Waals surface area contributed by atoms with Crippen LogP contribution in [-0.2, 0) is 51.4 Å². The van der Waals surface area contributed by atoms with Gasteiger partial charge in [0.25, 0.3) is 0 Å². The summed E-state index contributed by atoms with van der Waals surface area (Å²) in [5, 5.41) is 0. The Bertz CT molecular complexity index is 4790. The summed E-state index contributed by atoms with van der Waals surface area (Å²) in [6.45, 7) is 36.7. The molecule has 9 aromatic rings. The van der Waals surface area contributed by atoms with Gasteiger partial charge in [0.2, 0.25) is 0 Å². The highest BCUT2D eigenvalue weighted by Gasteiger charge is 2.29. The number of rotatable bonds is 20. The van der Waals surface area contributed by atoms with E-state index < -0.39 is 0 Å². The van der Waals surface area contributed by atoms with Gasteiger partial charge in [0, 0.05) is 44.2 Å². The molecular weight excluding hydrogens is 1190 g/mol. The first-order valence-corrected chi connectivity index (χ1v) is 37.7. The molecule has 10 heterocycles. The normalized spacial score (nSPS) is 13.4. The van der Waals surface area contributed by atoms with Gasteiger partial charge in [-0.05, 0) is 262 Å². The fraction of sp³-hybridized carbons (Fsp3) is 0.356. The molecule has 0 spiro atoms. The number of benzene rings is 3. The van der Waals surface area contributed by atoms with Crippen molar-refractivity contribution in [3.05, 3.63) is 199 Å². The summed E-state index contributed by atoms with van der Waals surface area (Å²) in [5.74, 6) is 0. The van der Waals surface area contributed by atoms with E-state index in [-0.39, 0.29) is 0 Å². The number of aromatic amines is 4. The molecule has 3 aromatic carbocycles. The van der Waals surface area contributed by atoms with E-state index in [4.69, 9.17) is 19.9 Å². The van der Waals surface area contributed by atoms with Gasteiger partial charge in [-0.2, -0.15) is 0 Å². The minimum Gasteiger partial charge on any atom is -0.355 e. The first-order valence-electron chi connectivity index (χ1n) is 37.7. The minimum atomic E-state index is 0.876. The highest BCUT2D eigenvalue weighted by Crippen LogP contribution is 2.47. The minimum absolute atomic E-state index is 0.876. The highest BCUT2D eigenvalue weighted by atomic mass is 14.8. The van der Waals surface area contributed by atoms with Crippen molar-refractivity contribution in [2.75, 3.05) is 0 Å². The fourth-order valence-corrected chi connectivity index (χ4v) is 17.5. The second-order valence-electron chi connectivity index (χ2n) is 26.8. The Balaban J connectivity index is 0.945. The average molecular weight is 1300 g/mol. The zero-order valence-electron chi connectivity index (χ0n) is 61.5. The van der Waals surface area contributed by atoms with Crippen LogP contribution in [0.5, 0.6) is 0 Å². The quantitative estimate of drug-likeness (QED) is 0.0608. The van der Waals surface area contributed by atoms with Crippen molar-refractivity contribution in [1.29, 1.82) is 0 Å². The summed E-state index contributed by atoms with van der Waals surface area (Å²) in [6, 6.07) is 41.9. The van der Waals surface area contributed by atoms with Gasteiger partial charge in [-0.3, -0.25) is 0 Å². The lowest BCUT2D eigenvalue weighted by atomic mass is 9.91. The molecule has 8 nitrogen and oxygen atoms in total. The molecule has 0 fully saturated rings.